The van der Waals surface area contributed by atoms with E-state index in [1.807, 2.05) is 12.1 Å². The number of nitrogens with zero attached hydrogens (tertiary/aromatic N) is 2. The molecule has 1 N–H and O–H groups in total. The van der Waals surface area contributed by atoms with E-state index in [0.29, 0.717) is 60.9 Å². The van der Waals surface area contributed by atoms with Crippen LogP contribution in [0, 0.1) is 0 Å². The Balaban J connectivity index is 1.45. The third kappa shape index (κ3) is 3.94. The molecule has 8 nitrogen and oxygen atoms in total. The maximum absolute atomic E-state index is 13.0. The van der Waals surface area contributed by atoms with Crippen molar-refractivity contribution in [2.24, 2.45) is 0 Å². The molecule has 0 atom stereocenters. The molecule has 4 rings (SSSR count). The Labute approximate surface area is 174 Å². The van der Waals surface area contributed by atoms with Crippen molar-refractivity contribution < 1.29 is 23.9 Å². The first-order valence-electron chi connectivity index (χ1n) is 9.85. The highest BCUT2D eigenvalue weighted by molar-refractivity contribution is 6.00. The van der Waals surface area contributed by atoms with Crippen LogP contribution in [0.15, 0.2) is 42.5 Å². The molecule has 8 heteroatoms. The second-order valence-electron chi connectivity index (χ2n) is 7.19. The van der Waals surface area contributed by atoms with Gasteiger partial charge < -0.3 is 24.6 Å². The van der Waals surface area contributed by atoms with Crippen LogP contribution in [0.2, 0.25) is 0 Å². The summed E-state index contributed by atoms with van der Waals surface area (Å²) in [5, 5.41) is 2.72. The number of carbonyl (C=O) groups excluding carboxylic acids is 3. The lowest BCUT2D eigenvalue weighted by molar-refractivity contribution is -0.118. The van der Waals surface area contributed by atoms with Gasteiger partial charge >= 0.3 is 0 Å². The lowest BCUT2D eigenvalue weighted by atomic mass is 10.1. The molecular weight excluding hydrogens is 386 g/mol. The fraction of sp³-hybridized carbons (Fsp3) is 0.318. The summed E-state index contributed by atoms with van der Waals surface area (Å²) in [6.45, 7) is 1.96. The lowest BCUT2D eigenvalue weighted by Gasteiger charge is -2.24. The van der Waals surface area contributed by atoms with Crippen molar-refractivity contribution in [3.8, 4) is 11.5 Å². The van der Waals surface area contributed by atoms with Crippen LogP contribution in [0.1, 0.15) is 27.1 Å². The van der Waals surface area contributed by atoms with Gasteiger partial charge in [-0.1, -0.05) is 12.1 Å². The summed E-state index contributed by atoms with van der Waals surface area (Å²) in [5.74, 6) is 0.612. The van der Waals surface area contributed by atoms with Crippen molar-refractivity contribution in [1.82, 2.24) is 9.80 Å². The van der Waals surface area contributed by atoms with E-state index in [-0.39, 0.29) is 24.3 Å². The van der Waals surface area contributed by atoms with Gasteiger partial charge in [-0.05, 0) is 36.8 Å². The molecule has 2 aliphatic heterocycles. The zero-order valence-corrected chi connectivity index (χ0v) is 16.7. The van der Waals surface area contributed by atoms with Crippen LogP contribution in [0.4, 0.5) is 5.69 Å². The van der Waals surface area contributed by atoms with E-state index in [0.717, 1.165) is 0 Å². The van der Waals surface area contributed by atoms with Gasteiger partial charge in [0, 0.05) is 31.7 Å². The number of anilines is 1. The Morgan fingerprint density at radius 2 is 1.73 bits per heavy atom. The number of fused-ring (bicyclic) bond motifs is 1. The molecule has 156 valence electrons. The molecule has 3 amide bonds. The highest BCUT2D eigenvalue weighted by Crippen LogP contribution is 2.29. The average Bonchev–Trinajstić information content (AvgIpc) is 3.04. The highest BCUT2D eigenvalue weighted by Gasteiger charge is 2.26. The third-order valence-corrected chi connectivity index (χ3v) is 5.27. The number of carbonyl (C=O) groups is 3. The highest BCUT2D eigenvalue weighted by atomic mass is 16.5. The molecule has 0 spiro atoms. The summed E-state index contributed by atoms with van der Waals surface area (Å²) < 4.78 is 10.7. The van der Waals surface area contributed by atoms with Crippen LogP contribution in [0.3, 0.4) is 0 Å². The van der Waals surface area contributed by atoms with Gasteiger partial charge in [0.25, 0.3) is 17.7 Å². The van der Waals surface area contributed by atoms with Gasteiger partial charge in [-0.25, -0.2) is 0 Å². The van der Waals surface area contributed by atoms with Gasteiger partial charge in [-0.15, -0.1) is 0 Å². The predicted octanol–water partition coefficient (Wildman–Crippen LogP) is 2.01. The van der Waals surface area contributed by atoms with Gasteiger partial charge in [-0.2, -0.15) is 0 Å². The van der Waals surface area contributed by atoms with Crippen LogP contribution < -0.4 is 14.8 Å². The summed E-state index contributed by atoms with van der Waals surface area (Å²) in [6, 6.07) is 12.2. The molecule has 2 aliphatic rings. The van der Waals surface area contributed by atoms with Crippen molar-refractivity contribution >= 4 is 23.4 Å². The molecule has 0 aliphatic carbocycles. The molecule has 2 aromatic carbocycles. The maximum atomic E-state index is 13.0. The van der Waals surface area contributed by atoms with Gasteiger partial charge in [0.1, 0.15) is 11.5 Å². The van der Waals surface area contributed by atoms with Crippen LogP contribution in [0.25, 0.3) is 0 Å². The number of hydrogen-bond acceptors (Lipinski definition) is 5. The van der Waals surface area contributed by atoms with Gasteiger partial charge in [-0.3, -0.25) is 14.4 Å². The monoisotopic (exact) mass is 409 g/mol. The van der Waals surface area contributed by atoms with Crippen LogP contribution >= 0.6 is 0 Å². The second kappa shape index (κ2) is 8.44. The summed E-state index contributed by atoms with van der Waals surface area (Å²) in [6.07, 6.45) is 0.678. The van der Waals surface area contributed by atoms with Crippen LogP contribution in [-0.2, 0) is 4.79 Å². The van der Waals surface area contributed by atoms with Crippen molar-refractivity contribution in [3.63, 3.8) is 0 Å². The molecular formula is C22H23N3O5. The largest absolute Gasteiger partial charge is 0.496 e. The predicted molar refractivity (Wildman–Crippen MR) is 110 cm³/mol. The number of para-hydroxylation sites is 1. The Morgan fingerprint density at radius 1 is 1.00 bits per heavy atom. The molecule has 0 aromatic heterocycles. The van der Waals surface area contributed by atoms with Crippen molar-refractivity contribution in [3.05, 3.63) is 53.6 Å². The van der Waals surface area contributed by atoms with Crippen molar-refractivity contribution in [1.29, 1.82) is 0 Å². The van der Waals surface area contributed by atoms with Crippen LogP contribution in [-0.4, -0.2) is 67.4 Å². The average molecular weight is 409 g/mol. The number of ether oxygens (including phenoxy) is 2. The Kier molecular flexibility index (Phi) is 5.56. The minimum Gasteiger partial charge on any atom is -0.496 e. The number of hydrogen-bond donors (Lipinski definition) is 1. The van der Waals surface area contributed by atoms with Crippen molar-refractivity contribution in [2.75, 3.05) is 45.2 Å². The topological polar surface area (TPSA) is 88.2 Å². The SMILES string of the molecule is COc1ccccc1C(=O)N1CCCN(C(=O)c2ccc3c(c2)NC(=O)CO3)CC1. The quantitative estimate of drug-likeness (QED) is 0.838. The minimum absolute atomic E-state index is 0.0253. The molecule has 0 radical (unpaired) electrons. The Hall–Kier alpha value is -3.55. The number of benzene rings is 2. The smallest absolute Gasteiger partial charge is 0.262 e. The minimum atomic E-state index is -0.243. The summed E-state index contributed by atoms with van der Waals surface area (Å²) in [5.41, 5.74) is 1.49. The molecule has 30 heavy (non-hydrogen) atoms. The standard InChI is InChI=1S/C22H23N3O5/c1-29-18-6-3-2-5-16(18)22(28)25-10-4-9-24(11-12-25)21(27)15-7-8-19-17(13-15)23-20(26)14-30-19/h2-3,5-8,13H,4,9-12,14H2,1H3,(H,23,26). The number of rotatable bonds is 3. The molecule has 2 aromatic rings. The second-order valence-corrected chi connectivity index (χ2v) is 7.19. The summed E-state index contributed by atoms with van der Waals surface area (Å²) in [7, 11) is 1.54. The van der Waals surface area contributed by atoms with Crippen molar-refractivity contribution in [2.45, 2.75) is 6.42 Å². The molecule has 1 saturated heterocycles. The van der Waals surface area contributed by atoms with E-state index in [1.165, 1.54) is 0 Å². The van der Waals surface area contributed by atoms with E-state index in [1.54, 1.807) is 47.2 Å². The Bertz CT molecular complexity index is 990. The zero-order chi connectivity index (χ0) is 21.1. The van der Waals surface area contributed by atoms with E-state index >= 15 is 0 Å². The van der Waals surface area contributed by atoms with E-state index < -0.39 is 0 Å². The third-order valence-electron chi connectivity index (χ3n) is 5.27. The lowest BCUT2D eigenvalue weighted by Crippen LogP contribution is -2.37. The number of methoxy groups -OCH3 is 1. The van der Waals surface area contributed by atoms with E-state index in [9.17, 15) is 14.4 Å². The molecule has 2 heterocycles. The van der Waals surface area contributed by atoms with Crippen LogP contribution in [0.5, 0.6) is 11.5 Å². The molecule has 0 bridgehead atoms. The van der Waals surface area contributed by atoms with Gasteiger partial charge in [0.15, 0.2) is 6.61 Å². The molecule has 1 fully saturated rings. The summed E-state index contributed by atoms with van der Waals surface area (Å²) in [4.78, 5) is 41.0. The Morgan fingerprint density at radius 3 is 2.50 bits per heavy atom. The first kappa shape index (κ1) is 19.8. The van der Waals surface area contributed by atoms with E-state index in [4.69, 9.17) is 9.47 Å². The zero-order valence-electron chi connectivity index (χ0n) is 16.7. The fourth-order valence-corrected chi connectivity index (χ4v) is 3.71. The maximum Gasteiger partial charge on any atom is 0.262 e. The van der Waals surface area contributed by atoms with E-state index in [2.05, 4.69) is 5.32 Å². The first-order chi connectivity index (χ1) is 14.6. The molecule has 0 unspecified atom stereocenters. The molecule has 0 saturated carbocycles. The first-order valence-corrected chi connectivity index (χ1v) is 9.85. The normalized spacial score (nSPS) is 16.1. The fourth-order valence-electron chi connectivity index (χ4n) is 3.71. The van der Waals surface area contributed by atoms with Gasteiger partial charge in [0.05, 0.1) is 18.4 Å². The summed E-state index contributed by atoms with van der Waals surface area (Å²) >= 11 is 0. The van der Waals surface area contributed by atoms with Gasteiger partial charge in [0.2, 0.25) is 0 Å². The number of amides is 3. The number of nitrogens with one attached hydrogen (secondary N) is 1.